The molecule has 0 N–H and O–H groups in total. The lowest BCUT2D eigenvalue weighted by Gasteiger charge is -2.03. The van der Waals surface area contributed by atoms with Crippen molar-refractivity contribution in [2.45, 2.75) is 18.7 Å². The molecule has 1 aliphatic heterocycles. The standard InChI is InChI=1S/C13H11FO5S/c1-3-19-13(16)11(15)12-7(2)10-8(14)5-4-6-9(10)20(12,17)18/h4-6H,3H2,1-2H3. The minimum Gasteiger partial charge on any atom is -0.460 e. The van der Waals surface area contributed by atoms with Crippen LogP contribution in [0.2, 0.25) is 0 Å². The van der Waals surface area contributed by atoms with Crippen LogP contribution < -0.4 is 0 Å². The molecule has 0 radical (unpaired) electrons. The highest BCUT2D eigenvalue weighted by Gasteiger charge is 2.42. The summed E-state index contributed by atoms with van der Waals surface area (Å²) in [6.07, 6.45) is 0. The third kappa shape index (κ3) is 1.94. The van der Waals surface area contributed by atoms with Gasteiger partial charge in [-0.15, -0.1) is 0 Å². The predicted octanol–water partition coefficient (Wildman–Crippen LogP) is 1.48. The van der Waals surface area contributed by atoms with E-state index in [1.54, 1.807) is 0 Å². The highest BCUT2D eigenvalue weighted by atomic mass is 32.2. The Bertz CT molecular complexity index is 746. The molecule has 1 aliphatic rings. The lowest BCUT2D eigenvalue weighted by atomic mass is 10.1. The number of carbonyl (C=O) groups excluding carboxylic acids is 2. The van der Waals surface area contributed by atoms with Crippen LogP contribution in [0, 0.1) is 5.82 Å². The number of sulfone groups is 1. The quantitative estimate of drug-likeness (QED) is 0.624. The molecule has 0 spiro atoms. The van der Waals surface area contributed by atoms with Crippen LogP contribution in [0.15, 0.2) is 28.0 Å². The summed E-state index contributed by atoms with van der Waals surface area (Å²) in [5, 5.41) is 0. The van der Waals surface area contributed by atoms with Crippen molar-refractivity contribution < 1.29 is 27.1 Å². The van der Waals surface area contributed by atoms with Crippen LogP contribution >= 0.6 is 0 Å². The molecular weight excluding hydrogens is 287 g/mol. The van der Waals surface area contributed by atoms with Crippen molar-refractivity contribution >= 4 is 27.2 Å². The van der Waals surface area contributed by atoms with Gasteiger partial charge in [0.15, 0.2) is 0 Å². The van der Waals surface area contributed by atoms with Gasteiger partial charge in [-0.3, -0.25) is 4.79 Å². The van der Waals surface area contributed by atoms with Gasteiger partial charge in [-0.2, -0.15) is 0 Å². The van der Waals surface area contributed by atoms with Crippen LogP contribution in [0.4, 0.5) is 4.39 Å². The molecule has 0 aliphatic carbocycles. The summed E-state index contributed by atoms with van der Waals surface area (Å²) in [5.41, 5.74) is -0.240. The van der Waals surface area contributed by atoms with Gasteiger partial charge in [0.25, 0.3) is 5.78 Å². The Labute approximate surface area is 115 Å². The Morgan fingerprint density at radius 2 is 1.95 bits per heavy atom. The fourth-order valence-electron chi connectivity index (χ4n) is 2.10. The van der Waals surface area contributed by atoms with Gasteiger partial charge in [0.05, 0.1) is 11.5 Å². The van der Waals surface area contributed by atoms with E-state index in [0.29, 0.717) is 0 Å². The zero-order valence-corrected chi connectivity index (χ0v) is 11.6. The average molecular weight is 298 g/mol. The molecule has 0 atom stereocenters. The molecule has 0 amide bonds. The van der Waals surface area contributed by atoms with E-state index in [1.807, 2.05) is 0 Å². The van der Waals surface area contributed by atoms with Gasteiger partial charge in [0.2, 0.25) is 9.84 Å². The second-order valence-electron chi connectivity index (χ2n) is 4.12. The van der Waals surface area contributed by atoms with Crippen LogP contribution in [0.25, 0.3) is 5.57 Å². The third-order valence-electron chi connectivity index (χ3n) is 2.92. The van der Waals surface area contributed by atoms with Crippen molar-refractivity contribution in [2.24, 2.45) is 0 Å². The average Bonchev–Trinajstić information content (AvgIpc) is 2.58. The van der Waals surface area contributed by atoms with Crippen molar-refractivity contribution in [1.29, 1.82) is 0 Å². The number of esters is 1. The van der Waals surface area contributed by atoms with Gasteiger partial charge in [0, 0.05) is 5.56 Å². The van der Waals surface area contributed by atoms with E-state index < -0.39 is 32.3 Å². The van der Waals surface area contributed by atoms with E-state index in [-0.39, 0.29) is 22.6 Å². The molecule has 20 heavy (non-hydrogen) atoms. The van der Waals surface area contributed by atoms with Crippen molar-refractivity contribution in [3.05, 3.63) is 34.5 Å². The summed E-state index contributed by atoms with van der Waals surface area (Å²) in [6, 6.07) is 3.52. The van der Waals surface area contributed by atoms with Gasteiger partial charge in [-0.05, 0) is 31.6 Å². The maximum atomic E-state index is 13.7. The van der Waals surface area contributed by atoms with E-state index in [9.17, 15) is 22.4 Å². The first kappa shape index (κ1) is 14.4. The molecule has 2 rings (SSSR count). The minimum atomic E-state index is -4.19. The van der Waals surface area contributed by atoms with E-state index in [2.05, 4.69) is 4.74 Å². The molecule has 7 heteroatoms. The van der Waals surface area contributed by atoms with Crippen LogP contribution in [-0.4, -0.2) is 26.8 Å². The summed E-state index contributed by atoms with van der Waals surface area (Å²) >= 11 is 0. The Kier molecular flexibility index (Phi) is 3.47. The minimum absolute atomic E-state index is 0.0573. The maximum Gasteiger partial charge on any atom is 0.380 e. The summed E-state index contributed by atoms with van der Waals surface area (Å²) in [7, 11) is -4.19. The fourth-order valence-corrected chi connectivity index (χ4v) is 3.93. The number of rotatable bonds is 3. The SMILES string of the molecule is CCOC(=O)C(=O)C1=C(C)c2c(F)cccc2S1(=O)=O. The molecule has 1 aromatic carbocycles. The normalized spacial score (nSPS) is 15.9. The topological polar surface area (TPSA) is 77.5 Å². The third-order valence-corrected chi connectivity index (χ3v) is 4.86. The van der Waals surface area contributed by atoms with Gasteiger partial charge in [-0.25, -0.2) is 17.6 Å². The van der Waals surface area contributed by atoms with E-state index in [1.165, 1.54) is 26.0 Å². The number of benzene rings is 1. The molecule has 0 saturated carbocycles. The Balaban J connectivity index is 2.65. The molecule has 1 aromatic rings. The Morgan fingerprint density at radius 3 is 2.50 bits per heavy atom. The molecule has 5 nitrogen and oxygen atoms in total. The number of Topliss-reactive ketones (excluding diaryl/α,β-unsaturated/α-hetero) is 1. The van der Waals surface area contributed by atoms with Gasteiger partial charge >= 0.3 is 5.97 Å². The smallest absolute Gasteiger partial charge is 0.380 e. The van der Waals surface area contributed by atoms with Gasteiger partial charge in [0.1, 0.15) is 10.7 Å². The largest absolute Gasteiger partial charge is 0.460 e. The summed E-state index contributed by atoms with van der Waals surface area (Å²) in [6.45, 7) is 2.72. The van der Waals surface area contributed by atoms with Crippen molar-refractivity contribution in [1.82, 2.24) is 0 Å². The number of ether oxygens (including phenoxy) is 1. The number of ketones is 1. The zero-order chi connectivity index (χ0) is 15.1. The van der Waals surface area contributed by atoms with Crippen molar-refractivity contribution in [3.63, 3.8) is 0 Å². The number of carbonyl (C=O) groups is 2. The number of halogens is 1. The van der Waals surface area contributed by atoms with Gasteiger partial charge in [-0.1, -0.05) is 6.07 Å². The maximum absolute atomic E-state index is 13.7. The molecular formula is C13H11FO5S. The molecule has 0 unspecified atom stereocenters. The van der Waals surface area contributed by atoms with E-state index >= 15 is 0 Å². The fraction of sp³-hybridized carbons (Fsp3) is 0.231. The van der Waals surface area contributed by atoms with Crippen LogP contribution in [-0.2, 0) is 24.2 Å². The second kappa shape index (κ2) is 4.82. The zero-order valence-electron chi connectivity index (χ0n) is 10.8. The van der Waals surface area contributed by atoms with Gasteiger partial charge < -0.3 is 4.74 Å². The highest BCUT2D eigenvalue weighted by Crippen LogP contribution is 2.40. The first-order valence-corrected chi connectivity index (χ1v) is 7.27. The molecule has 0 bridgehead atoms. The summed E-state index contributed by atoms with van der Waals surface area (Å²) < 4.78 is 42.7. The molecule has 1 heterocycles. The highest BCUT2D eigenvalue weighted by molar-refractivity contribution is 7.97. The molecule has 0 fully saturated rings. The first-order valence-electron chi connectivity index (χ1n) is 5.78. The molecule has 0 aromatic heterocycles. The predicted molar refractivity (Wildman–Crippen MR) is 67.8 cm³/mol. The lowest BCUT2D eigenvalue weighted by Crippen LogP contribution is -2.22. The second-order valence-corrected chi connectivity index (χ2v) is 5.98. The Hall–Kier alpha value is -2.02. The molecule has 0 saturated heterocycles. The summed E-state index contributed by atoms with van der Waals surface area (Å²) in [4.78, 5) is 22.3. The molecule has 106 valence electrons. The lowest BCUT2D eigenvalue weighted by molar-refractivity contribution is -0.151. The van der Waals surface area contributed by atoms with Crippen molar-refractivity contribution in [2.75, 3.05) is 6.61 Å². The number of allylic oxidation sites excluding steroid dienone is 1. The first-order chi connectivity index (χ1) is 9.32. The van der Waals surface area contributed by atoms with Crippen molar-refractivity contribution in [3.8, 4) is 0 Å². The van der Waals surface area contributed by atoms with E-state index in [0.717, 1.165) is 6.07 Å². The van der Waals surface area contributed by atoms with E-state index in [4.69, 9.17) is 0 Å². The van der Waals surface area contributed by atoms with Crippen LogP contribution in [0.5, 0.6) is 0 Å². The Morgan fingerprint density at radius 1 is 1.30 bits per heavy atom. The summed E-state index contributed by atoms with van der Waals surface area (Å²) in [5.74, 6) is -3.30. The number of fused-ring (bicyclic) bond motifs is 1. The van der Waals surface area contributed by atoms with Crippen LogP contribution in [0.1, 0.15) is 19.4 Å². The number of hydrogen-bond donors (Lipinski definition) is 0. The monoisotopic (exact) mass is 298 g/mol. The van der Waals surface area contributed by atoms with Crippen LogP contribution in [0.3, 0.4) is 0 Å². The number of hydrogen-bond acceptors (Lipinski definition) is 5.